The first-order valence-electron chi connectivity index (χ1n) is 4.77. The van der Waals surface area contributed by atoms with Crippen LogP contribution in [0.4, 0.5) is 0 Å². The molecular formula is C9H20O3. The summed E-state index contributed by atoms with van der Waals surface area (Å²) in [4.78, 5) is 0. The third-order valence-corrected chi connectivity index (χ3v) is 1.53. The van der Waals surface area contributed by atoms with E-state index < -0.39 is 0 Å². The van der Waals surface area contributed by atoms with Crippen molar-refractivity contribution in [3.05, 3.63) is 0 Å². The number of hydrogen-bond acceptors (Lipinski definition) is 3. The Balaban J connectivity index is 0.000000561. The van der Waals surface area contributed by atoms with E-state index in [9.17, 15) is 0 Å². The fourth-order valence-corrected chi connectivity index (χ4v) is 1.03. The number of aliphatic hydroxyl groups excluding tert-OH is 1. The predicted octanol–water partition coefficient (Wildman–Crippen LogP) is 1.55. The van der Waals surface area contributed by atoms with E-state index in [1.54, 1.807) is 0 Å². The minimum absolute atomic E-state index is 0.0547. The van der Waals surface area contributed by atoms with E-state index in [2.05, 4.69) is 0 Å². The highest BCUT2D eigenvalue weighted by molar-refractivity contribution is 4.53. The monoisotopic (exact) mass is 176 g/mol. The van der Waals surface area contributed by atoms with Crippen molar-refractivity contribution in [3.8, 4) is 0 Å². The molecule has 1 N–H and O–H groups in total. The molecule has 0 spiro atoms. The van der Waals surface area contributed by atoms with Gasteiger partial charge in [0.25, 0.3) is 0 Å². The van der Waals surface area contributed by atoms with Gasteiger partial charge in [0, 0.05) is 6.61 Å². The summed E-state index contributed by atoms with van der Waals surface area (Å²) in [5.41, 5.74) is 0. The van der Waals surface area contributed by atoms with E-state index in [1.165, 1.54) is 6.42 Å². The van der Waals surface area contributed by atoms with E-state index in [0.717, 1.165) is 19.4 Å². The van der Waals surface area contributed by atoms with Crippen molar-refractivity contribution in [1.29, 1.82) is 0 Å². The molecular weight excluding hydrogens is 156 g/mol. The van der Waals surface area contributed by atoms with Crippen LogP contribution >= 0.6 is 0 Å². The molecule has 0 aromatic heterocycles. The number of rotatable bonds is 3. The Morgan fingerprint density at radius 3 is 2.67 bits per heavy atom. The fourth-order valence-electron chi connectivity index (χ4n) is 1.03. The molecule has 1 heterocycles. The van der Waals surface area contributed by atoms with Crippen LogP contribution in [0.15, 0.2) is 0 Å². The summed E-state index contributed by atoms with van der Waals surface area (Å²) in [6.07, 6.45) is 3.23. The van der Waals surface area contributed by atoms with Gasteiger partial charge in [-0.25, -0.2) is 0 Å². The third kappa shape index (κ3) is 5.52. The van der Waals surface area contributed by atoms with Gasteiger partial charge in [-0.1, -0.05) is 13.8 Å². The zero-order valence-electron chi connectivity index (χ0n) is 8.08. The van der Waals surface area contributed by atoms with E-state index in [0.29, 0.717) is 6.61 Å². The Hall–Kier alpha value is -0.120. The Kier molecular flexibility index (Phi) is 8.88. The van der Waals surface area contributed by atoms with Crippen LogP contribution in [0.5, 0.6) is 0 Å². The van der Waals surface area contributed by atoms with Crippen LogP contribution in [0.25, 0.3) is 0 Å². The van der Waals surface area contributed by atoms with Crippen molar-refractivity contribution in [3.63, 3.8) is 0 Å². The number of aliphatic hydroxyl groups is 1. The van der Waals surface area contributed by atoms with Gasteiger partial charge >= 0.3 is 0 Å². The first-order valence-corrected chi connectivity index (χ1v) is 4.77. The standard InChI is InChI=1S/C7H14O3.C2H6/c8-4-6-10-7-3-1-2-5-9-7;1-2/h7-8H,1-6H2;1-2H3. The van der Waals surface area contributed by atoms with Gasteiger partial charge in [0.2, 0.25) is 0 Å². The second-order valence-corrected chi connectivity index (χ2v) is 2.39. The lowest BCUT2D eigenvalue weighted by atomic mass is 10.2. The third-order valence-electron chi connectivity index (χ3n) is 1.53. The number of ether oxygens (including phenoxy) is 2. The van der Waals surface area contributed by atoms with E-state index in [-0.39, 0.29) is 12.9 Å². The molecule has 0 aromatic carbocycles. The van der Waals surface area contributed by atoms with Gasteiger partial charge in [-0.15, -0.1) is 0 Å². The highest BCUT2D eigenvalue weighted by Gasteiger charge is 2.12. The second-order valence-electron chi connectivity index (χ2n) is 2.39. The maximum Gasteiger partial charge on any atom is 0.157 e. The average Bonchev–Trinajstić information content (AvgIpc) is 2.19. The van der Waals surface area contributed by atoms with Crippen molar-refractivity contribution < 1.29 is 14.6 Å². The highest BCUT2D eigenvalue weighted by atomic mass is 16.7. The Labute approximate surface area is 74.7 Å². The Bertz CT molecular complexity index is 79.8. The zero-order valence-corrected chi connectivity index (χ0v) is 8.08. The summed E-state index contributed by atoms with van der Waals surface area (Å²) in [6.45, 7) is 5.28. The van der Waals surface area contributed by atoms with Crippen molar-refractivity contribution in [2.45, 2.75) is 39.4 Å². The second kappa shape index (κ2) is 8.97. The molecule has 1 unspecified atom stereocenters. The molecule has 1 aliphatic heterocycles. The lowest BCUT2D eigenvalue weighted by Crippen LogP contribution is -2.23. The summed E-state index contributed by atoms with van der Waals surface area (Å²) in [6, 6.07) is 0. The van der Waals surface area contributed by atoms with Crippen molar-refractivity contribution in [1.82, 2.24) is 0 Å². The molecule has 0 aliphatic carbocycles. The van der Waals surface area contributed by atoms with Crippen molar-refractivity contribution >= 4 is 0 Å². The van der Waals surface area contributed by atoms with E-state index in [1.807, 2.05) is 13.8 Å². The smallest absolute Gasteiger partial charge is 0.157 e. The molecule has 1 saturated heterocycles. The summed E-state index contributed by atoms with van der Waals surface area (Å²) in [7, 11) is 0. The van der Waals surface area contributed by atoms with E-state index in [4.69, 9.17) is 14.6 Å². The highest BCUT2D eigenvalue weighted by Crippen LogP contribution is 2.12. The molecule has 0 aromatic rings. The molecule has 0 bridgehead atoms. The van der Waals surface area contributed by atoms with Crippen LogP contribution in [0.2, 0.25) is 0 Å². The minimum atomic E-state index is -0.0547. The summed E-state index contributed by atoms with van der Waals surface area (Å²) in [5, 5.41) is 8.42. The van der Waals surface area contributed by atoms with Crippen LogP contribution in [0.1, 0.15) is 33.1 Å². The molecule has 1 aliphatic rings. The summed E-state index contributed by atoms with van der Waals surface area (Å²) in [5.74, 6) is 0. The lowest BCUT2D eigenvalue weighted by Gasteiger charge is -2.21. The van der Waals surface area contributed by atoms with Gasteiger partial charge in [0.15, 0.2) is 6.29 Å². The predicted molar refractivity (Wildman–Crippen MR) is 48.0 cm³/mol. The largest absolute Gasteiger partial charge is 0.394 e. The number of hydrogen-bond donors (Lipinski definition) is 1. The van der Waals surface area contributed by atoms with Crippen molar-refractivity contribution in [2.24, 2.45) is 0 Å². The van der Waals surface area contributed by atoms with Gasteiger partial charge < -0.3 is 14.6 Å². The van der Waals surface area contributed by atoms with Crippen LogP contribution in [-0.4, -0.2) is 31.2 Å². The van der Waals surface area contributed by atoms with Gasteiger partial charge in [-0.3, -0.25) is 0 Å². The van der Waals surface area contributed by atoms with Crippen LogP contribution in [-0.2, 0) is 9.47 Å². The molecule has 1 fully saturated rings. The van der Waals surface area contributed by atoms with E-state index >= 15 is 0 Å². The van der Waals surface area contributed by atoms with Gasteiger partial charge in [-0.2, -0.15) is 0 Å². The SMILES string of the molecule is CC.OCCOC1CCCCO1. The van der Waals surface area contributed by atoms with Crippen LogP contribution in [0.3, 0.4) is 0 Å². The first kappa shape index (κ1) is 11.9. The quantitative estimate of drug-likeness (QED) is 0.709. The molecule has 3 heteroatoms. The van der Waals surface area contributed by atoms with Gasteiger partial charge in [0.05, 0.1) is 13.2 Å². The minimum Gasteiger partial charge on any atom is -0.394 e. The topological polar surface area (TPSA) is 38.7 Å². The molecule has 3 nitrogen and oxygen atoms in total. The maximum atomic E-state index is 8.42. The summed E-state index contributed by atoms with van der Waals surface area (Å²) < 4.78 is 10.4. The van der Waals surface area contributed by atoms with Gasteiger partial charge in [0.1, 0.15) is 0 Å². The molecule has 1 atom stereocenters. The molecule has 74 valence electrons. The lowest BCUT2D eigenvalue weighted by molar-refractivity contribution is -0.166. The molecule has 0 radical (unpaired) electrons. The Morgan fingerprint density at radius 1 is 1.42 bits per heavy atom. The van der Waals surface area contributed by atoms with Crippen LogP contribution in [0, 0.1) is 0 Å². The van der Waals surface area contributed by atoms with Gasteiger partial charge in [-0.05, 0) is 19.3 Å². The van der Waals surface area contributed by atoms with Crippen molar-refractivity contribution in [2.75, 3.05) is 19.8 Å². The molecule has 0 amide bonds. The average molecular weight is 176 g/mol. The molecule has 12 heavy (non-hydrogen) atoms. The molecule has 1 rings (SSSR count). The van der Waals surface area contributed by atoms with Crippen LogP contribution < -0.4 is 0 Å². The molecule has 0 saturated carbocycles. The normalized spacial score (nSPS) is 22.8. The zero-order chi connectivity index (χ0) is 9.23. The first-order chi connectivity index (χ1) is 5.93. The maximum absolute atomic E-state index is 8.42. The summed E-state index contributed by atoms with van der Waals surface area (Å²) >= 11 is 0. The fraction of sp³-hybridized carbons (Fsp3) is 1.00. The Morgan fingerprint density at radius 2 is 2.17 bits per heavy atom.